The first-order chi connectivity index (χ1) is 17.9. The topological polar surface area (TPSA) is 104 Å². The minimum absolute atomic E-state index is 0.0151. The highest BCUT2D eigenvalue weighted by atomic mass is 16.5. The molecule has 1 aromatic carbocycles. The maximum absolute atomic E-state index is 14.4. The first-order valence-corrected chi connectivity index (χ1v) is 13.0. The van der Waals surface area contributed by atoms with Crippen LogP contribution < -0.4 is 4.90 Å². The van der Waals surface area contributed by atoms with Gasteiger partial charge in [0.25, 0.3) is 11.8 Å². The van der Waals surface area contributed by atoms with Crippen molar-refractivity contribution in [1.29, 1.82) is 0 Å². The van der Waals surface area contributed by atoms with Crippen LogP contribution in [0.25, 0.3) is 0 Å². The molecular formula is C28H33N3O6. The number of aliphatic hydroxyl groups excluding tert-OH is 1. The van der Waals surface area contributed by atoms with Crippen molar-refractivity contribution in [3.63, 3.8) is 0 Å². The predicted molar refractivity (Wildman–Crippen MR) is 136 cm³/mol. The number of Topliss-reactive ketones (excluding diaryl/α,β-unsaturated/α-hetero) is 1. The van der Waals surface area contributed by atoms with Gasteiger partial charge in [-0.1, -0.05) is 31.5 Å². The molecule has 0 saturated carbocycles. The zero-order valence-corrected chi connectivity index (χ0v) is 21.4. The standard InChI is InChI=1S/C28H33N3O6/c1-3-4-13-30-21-9-6-5-8-20(21)28(27(30)35)23(24(32)22-11-10-19(2)37-22)25(33)26(34)31(28)14-7-12-29-15-17-36-18-16-29/h5-6,8-11,33H,3-4,7,12-18H2,1-2H3. The van der Waals surface area contributed by atoms with Gasteiger partial charge in [-0.15, -0.1) is 0 Å². The van der Waals surface area contributed by atoms with E-state index in [0.29, 0.717) is 49.7 Å². The predicted octanol–water partition coefficient (Wildman–Crippen LogP) is 3.19. The van der Waals surface area contributed by atoms with Gasteiger partial charge in [-0.3, -0.25) is 19.3 Å². The van der Waals surface area contributed by atoms with Crippen molar-refractivity contribution in [3.05, 3.63) is 64.8 Å². The van der Waals surface area contributed by atoms with E-state index in [1.165, 1.54) is 11.0 Å². The lowest BCUT2D eigenvalue weighted by molar-refractivity contribution is -0.140. The molecule has 2 aromatic rings. The van der Waals surface area contributed by atoms with Crippen LogP contribution in [0.5, 0.6) is 0 Å². The van der Waals surface area contributed by atoms with Crippen LogP contribution in [-0.4, -0.2) is 78.4 Å². The van der Waals surface area contributed by atoms with E-state index in [0.717, 1.165) is 25.9 Å². The summed E-state index contributed by atoms with van der Waals surface area (Å²) in [5.74, 6) is -1.95. The summed E-state index contributed by atoms with van der Waals surface area (Å²) >= 11 is 0. The number of rotatable bonds is 9. The number of ether oxygens (including phenoxy) is 1. The smallest absolute Gasteiger partial charge is 0.290 e. The number of unbranched alkanes of at least 4 members (excludes halogenated alkanes) is 1. The average molecular weight is 508 g/mol. The Morgan fingerprint density at radius 2 is 1.78 bits per heavy atom. The second-order valence-corrected chi connectivity index (χ2v) is 9.77. The molecule has 0 bridgehead atoms. The summed E-state index contributed by atoms with van der Waals surface area (Å²) in [6.07, 6.45) is 2.21. The third kappa shape index (κ3) is 4.06. The fourth-order valence-electron chi connectivity index (χ4n) is 5.67. The van der Waals surface area contributed by atoms with Crippen LogP contribution >= 0.6 is 0 Å². The monoisotopic (exact) mass is 507 g/mol. The molecule has 5 rings (SSSR count). The van der Waals surface area contributed by atoms with Gasteiger partial charge in [-0.2, -0.15) is 0 Å². The minimum Gasteiger partial charge on any atom is -0.503 e. The fraction of sp³-hybridized carbons (Fsp3) is 0.464. The maximum Gasteiger partial charge on any atom is 0.290 e. The SMILES string of the molecule is CCCCN1C(=O)C2(C(C(=O)c3ccc(C)o3)=C(O)C(=O)N2CCCN2CCOCC2)c2ccccc21. The van der Waals surface area contributed by atoms with Gasteiger partial charge >= 0.3 is 0 Å². The number of carbonyl (C=O) groups is 3. The first kappa shape index (κ1) is 25.2. The molecule has 196 valence electrons. The molecule has 3 aliphatic rings. The molecule has 1 saturated heterocycles. The Morgan fingerprint density at radius 1 is 1.03 bits per heavy atom. The Bertz CT molecular complexity index is 1240. The van der Waals surface area contributed by atoms with E-state index in [4.69, 9.17) is 9.15 Å². The molecule has 9 heteroatoms. The number of morpholine rings is 1. The highest BCUT2D eigenvalue weighted by molar-refractivity contribution is 6.25. The lowest BCUT2D eigenvalue weighted by Crippen LogP contribution is -2.54. The Hall–Kier alpha value is -3.43. The van der Waals surface area contributed by atoms with Crippen LogP contribution in [0.2, 0.25) is 0 Å². The van der Waals surface area contributed by atoms with Gasteiger partial charge in [-0.05, 0) is 38.0 Å². The van der Waals surface area contributed by atoms with Gasteiger partial charge in [-0.25, -0.2) is 0 Å². The Morgan fingerprint density at radius 3 is 2.49 bits per heavy atom. The van der Waals surface area contributed by atoms with E-state index in [1.807, 2.05) is 19.1 Å². The number of carbonyl (C=O) groups excluding carboxylic acids is 3. The first-order valence-electron chi connectivity index (χ1n) is 13.0. The fourth-order valence-corrected chi connectivity index (χ4v) is 5.67. The largest absolute Gasteiger partial charge is 0.503 e. The number of furan rings is 1. The number of benzene rings is 1. The van der Waals surface area contributed by atoms with Crippen LogP contribution in [0.3, 0.4) is 0 Å². The maximum atomic E-state index is 14.4. The molecule has 1 fully saturated rings. The average Bonchev–Trinajstić information content (AvgIpc) is 3.52. The van der Waals surface area contributed by atoms with Crippen molar-refractivity contribution < 1.29 is 28.6 Å². The number of nitrogens with zero attached hydrogens (tertiary/aromatic N) is 3. The van der Waals surface area contributed by atoms with Crippen LogP contribution in [-0.2, 0) is 19.9 Å². The van der Waals surface area contributed by atoms with Crippen LogP contribution in [0.4, 0.5) is 5.69 Å². The number of hydrogen-bond donors (Lipinski definition) is 1. The molecule has 37 heavy (non-hydrogen) atoms. The molecule has 1 atom stereocenters. The van der Waals surface area contributed by atoms with Crippen molar-refractivity contribution in [3.8, 4) is 0 Å². The molecule has 1 unspecified atom stereocenters. The summed E-state index contributed by atoms with van der Waals surface area (Å²) in [5, 5.41) is 11.2. The highest BCUT2D eigenvalue weighted by Gasteiger charge is 2.65. The molecule has 0 radical (unpaired) electrons. The van der Waals surface area contributed by atoms with Crippen LogP contribution in [0.1, 0.15) is 48.1 Å². The summed E-state index contributed by atoms with van der Waals surface area (Å²) in [6.45, 7) is 8.04. The van der Waals surface area contributed by atoms with E-state index >= 15 is 0 Å². The van der Waals surface area contributed by atoms with Gasteiger partial charge in [0, 0.05) is 38.3 Å². The third-order valence-electron chi connectivity index (χ3n) is 7.48. The number of para-hydroxylation sites is 1. The molecule has 3 aliphatic heterocycles. The molecule has 1 spiro atoms. The van der Waals surface area contributed by atoms with Gasteiger partial charge in [0.15, 0.2) is 17.1 Å². The molecule has 2 amide bonds. The van der Waals surface area contributed by atoms with Crippen LogP contribution in [0.15, 0.2) is 52.1 Å². The highest BCUT2D eigenvalue weighted by Crippen LogP contribution is 2.53. The molecular weight excluding hydrogens is 474 g/mol. The number of amides is 2. The third-order valence-corrected chi connectivity index (χ3v) is 7.48. The second kappa shape index (κ2) is 10.1. The lowest BCUT2D eigenvalue weighted by atomic mass is 9.81. The van der Waals surface area contributed by atoms with Crippen LogP contribution in [0, 0.1) is 6.92 Å². The van der Waals surface area contributed by atoms with Crippen molar-refractivity contribution in [2.75, 3.05) is 50.8 Å². The van der Waals surface area contributed by atoms with E-state index < -0.39 is 28.9 Å². The van der Waals surface area contributed by atoms with Gasteiger partial charge < -0.3 is 24.1 Å². The van der Waals surface area contributed by atoms with Gasteiger partial charge in [0.1, 0.15) is 5.76 Å². The van der Waals surface area contributed by atoms with Crippen molar-refractivity contribution >= 4 is 23.3 Å². The zero-order valence-electron chi connectivity index (χ0n) is 21.4. The second-order valence-electron chi connectivity index (χ2n) is 9.77. The Labute approximate surface area is 216 Å². The molecule has 1 N–H and O–H groups in total. The van der Waals surface area contributed by atoms with E-state index in [2.05, 4.69) is 4.90 Å². The van der Waals surface area contributed by atoms with Crippen molar-refractivity contribution in [2.45, 2.75) is 38.6 Å². The number of fused-ring (bicyclic) bond motifs is 2. The number of aryl methyl sites for hydroxylation is 1. The molecule has 9 nitrogen and oxygen atoms in total. The number of aliphatic hydroxyl groups is 1. The summed E-state index contributed by atoms with van der Waals surface area (Å²) in [6, 6.07) is 10.4. The number of hydrogen-bond acceptors (Lipinski definition) is 7. The molecule has 1 aromatic heterocycles. The molecule has 4 heterocycles. The van der Waals surface area contributed by atoms with E-state index in [-0.39, 0.29) is 17.9 Å². The molecule has 0 aliphatic carbocycles. The van der Waals surface area contributed by atoms with Crippen molar-refractivity contribution in [1.82, 2.24) is 9.80 Å². The van der Waals surface area contributed by atoms with E-state index in [1.54, 1.807) is 30.0 Å². The number of anilines is 1. The summed E-state index contributed by atoms with van der Waals surface area (Å²) in [5.41, 5.74) is -0.780. The quantitative estimate of drug-likeness (QED) is 0.520. The Kier molecular flexibility index (Phi) is 6.92. The van der Waals surface area contributed by atoms with E-state index in [9.17, 15) is 19.5 Å². The van der Waals surface area contributed by atoms with Gasteiger partial charge in [0.05, 0.1) is 24.5 Å². The Balaban J connectivity index is 1.59. The summed E-state index contributed by atoms with van der Waals surface area (Å²) < 4.78 is 11.0. The van der Waals surface area contributed by atoms with Gasteiger partial charge in [0.2, 0.25) is 5.78 Å². The zero-order chi connectivity index (χ0) is 26.2. The van der Waals surface area contributed by atoms with Crippen molar-refractivity contribution in [2.24, 2.45) is 0 Å². The lowest BCUT2D eigenvalue weighted by Gasteiger charge is -2.36. The summed E-state index contributed by atoms with van der Waals surface area (Å²) in [7, 11) is 0. The summed E-state index contributed by atoms with van der Waals surface area (Å²) in [4.78, 5) is 47.1. The normalized spacial score (nSPS) is 22.0. The number of ketones is 1. The minimum atomic E-state index is -1.74.